The first-order chi connectivity index (χ1) is 15.3. The minimum absolute atomic E-state index is 0.0147. The molecule has 3 heterocycles. The maximum Gasteiger partial charge on any atom is 0.418 e. The smallest absolute Gasteiger partial charge is 0.418 e. The summed E-state index contributed by atoms with van der Waals surface area (Å²) in [5, 5.41) is 7.15. The summed E-state index contributed by atoms with van der Waals surface area (Å²) < 4.78 is 41.5. The third-order valence-electron chi connectivity index (χ3n) is 4.23. The number of amides is 4. The normalized spacial score (nSPS) is 18.2. The van der Waals surface area contributed by atoms with E-state index >= 15 is 0 Å². The topological polar surface area (TPSA) is 182 Å². The maximum absolute atomic E-state index is 12.2. The van der Waals surface area contributed by atoms with Crippen molar-refractivity contribution in [1.82, 2.24) is 30.5 Å². The minimum Gasteiger partial charge on any atom is -0.444 e. The van der Waals surface area contributed by atoms with Gasteiger partial charge in [0.25, 0.3) is 5.91 Å². The molecule has 2 aliphatic rings. The lowest BCUT2D eigenvalue weighted by Gasteiger charge is -2.21. The summed E-state index contributed by atoms with van der Waals surface area (Å²) in [6.07, 6.45) is 2.41. The van der Waals surface area contributed by atoms with E-state index in [1.165, 1.54) is 21.8 Å². The van der Waals surface area contributed by atoms with Crippen LogP contribution in [0.1, 0.15) is 31.3 Å². The molecular formula is C17H24N6O9S. The van der Waals surface area contributed by atoms with Crippen LogP contribution < -0.4 is 10.8 Å². The highest BCUT2D eigenvalue weighted by Crippen LogP contribution is 2.27. The fourth-order valence-electron chi connectivity index (χ4n) is 3.01. The van der Waals surface area contributed by atoms with E-state index in [-0.39, 0.29) is 31.9 Å². The summed E-state index contributed by atoms with van der Waals surface area (Å²) in [5.74, 6) is -0.641. The molecule has 182 valence electrons. The number of hydrogen-bond acceptors (Lipinski definition) is 9. The Morgan fingerprint density at radius 2 is 2.06 bits per heavy atom. The average Bonchev–Trinajstić information content (AvgIpc) is 3.25. The van der Waals surface area contributed by atoms with Gasteiger partial charge in [0.05, 0.1) is 18.8 Å². The number of carbonyl (C=O) groups excluding carboxylic acids is 3. The molecule has 1 saturated heterocycles. The van der Waals surface area contributed by atoms with Gasteiger partial charge in [0.1, 0.15) is 11.6 Å². The highest BCUT2D eigenvalue weighted by atomic mass is 32.3. The molecule has 0 aliphatic carbocycles. The van der Waals surface area contributed by atoms with Crippen molar-refractivity contribution in [3.05, 3.63) is 24.0 Å². The van der Waals surface area contributed by atoms with Crippen LogP contribution in [0.15, 0.2) is 18.3 Å². The Hall–Kier alpha value is -3.21. The summed E-state index contributed by atoms with van der Waals surface area (Å²) in [4.78, 5) is 42.2. The number of rotatable bonds is 8. The predicted molar refractivity (Wildman–Crippen MR) is 109 cm³/mol. The van der Waals surface area contributed by atoms with E-state index in [4.69, 9.17) is 14.1 Å². The Balaban J connectivity index is 1.51. The van der Waals surface area contributed by atoms with Crippen LogP contribution in [0.2, 0.25) is 0 Å². The number of nitrogens with zero attached hydrogens (tertiary/aromatic N) is 4. The lowest BCUT2D eigenvalue weighted by molar-refractivity contribution is -0.0183. The predicted octanol–water partition coefficient (Wildman–Crippen LogP) is -0.236. The Labute approximate surface area is 189 Å². The van der Waals surface area contributed by atoms with Crippen LogP contribution in [0.5, 0.6) is 0 Å². The molecule has 0 aromatic carbocycles. The van der Waals surface area contributed by atoms with Gasteiger partial charge in [0, 0.05) is 19.3 Å². The largest absolute Gasteiger partial charge is 0.444 e. The second-order valence-corrected chi connectivity index (χ2v) is 9.07. The van der Waals surface area contributed by atoms with Crippen molar-refractivity contribution in [2.75, 3.05) is 26.2 Å². The summed E-state index contributed by atoms with van der Waals surface area (Å²) in [6, 6.07) is -0.0913. The molecule has 1 atom stereocenters. The first-order valence-corrected chi connectivity index (χ1v) is 11.1. The minimum atomic E-state index is -4.86. The number of hydrogen-bond donors (Lipinski definition) is 3. The first kappa shape index (κ1) is 24.4. The van der Waals surface area contributed by atoms with Crippen molar-refractivity contribution >= 4 is 34.1 Å². The van der Waals surface area contributed by atoms with Gasteiger partial charge in [-0.15, -0.1) is 4.28 Å². The molecule has 3 N–H and O–H groups in total. The molecule has 0 spiro atoms. The van der Waals surface area contributed by atoms with Gasteiger partial charge in [-0.25, -0.2) is 19.8 Å². The van der Waals surface area contributed by atoms with Crippen LogP contribution in [0.3, 0.4) is 0 Å². The lowest BCUT2D eigenvalue weighted by atomic mass is 10.2. The van der Waals surface area contributed by atoms with Gasteiger partial charge in [-0.05, 0) is 32.9 Å². The molecular weight excluding hydrogens is 464 g/mol. The number of ether oxygens (including phenoxy) is 1. The number of alkyl carbamates (subject to hydrolysis) is 1. The molecule has 15 nitrogen and oxygen atoms in total. The fraction of sp³-hybridized carbons (Fsp3) is 0.529. The van der Waals surface area contributed by atoms with E-state index in [1.807, 2.05) is 0 Å². The summed E-state index contributed by atoms with van der Waals surface area (Å²) in [5.41, 5.74) is 2.07. The molecule has 1 aromatic rings. The standard InChI is InChI=1S/C17H24N6O9S/c1-17(2,3)31-15(25)18-5-7-30-20-14(24)13-4-6-22(19-13)11-8-12-10-21(9-11)16(26)23(12)32-33(27,28)29/h4,6,8,12H,5,7,9-10H2,1-3H3,(H,18,25)(H,20,24)(H,27,28,29). The van der Waals surface area contributed by atoms with Crippen molar-refractivity contribution in [2.24, 2.45) is 0 Å². The molecule has 1 aromatic heterocycles. The van der Waals surface area contributed by atoms with E-state index in [2.05, 4.69) is 20.2 Å². The van der Waals surface area contributed by atoms with Gasteiger partial charge < -0.3 is 15.0 Å². The second-order valence-electron chi connectivity index (χ2n) is 8.07. The Bertz CT molecular complexity index is 1060. The summed E-state index contributed by atoms with van der Waals surface area (Å²) >= 11 is 0. The second kappa shape index (κ2) is 9.34. The van der Waals surface area contributed by atoms with Gasteiger partial charge in [-0.1, -0.05) is 0 Å². The van der Waals surface area contributed by atoms with Gasteiger partial charge >= 0.3 is 22.5 Å². The van der Waals surface area contributed by atoms with E-state index in [0.717, 1.165) is 0 Å². The van der Waals surface area contributed by atoms with Crippen LogP contribution in [0.25, 0.3) is 5.70 Å². The molecule has 3 rings (SSSR count). The third kappa shape index (κ3) is 6.64. The zero-order valence-corrected chi connectivity index (χ0v) is 18.9. The Kier molecular flexibility index (Phi) is 6.92. The number of aromatic nitrogens is 2. The molecule has 1 unspecified atom stereocenters. The van der Waals surface area contributed by atoms with Crippen LogP contribution in [0.4, 0.5) is 9.59 Å². The zero-order chi connectivity index (χ0) is 24.4. The molecule has 0 radical (unpaired) electrons. The molecule has 2 bridgehead atoms. The summed E-state index contributed by atoms with van der Waals surface area (Å²) in [7, 11) is -4.86. The number of fused-ring (bicyclic) bond motifs is 2. The van der Waals surface area contributed by atoms with Crippen LogP contribution in [0, 0.1) is 0 Å². The number of urea groups is 1. The van der Waals surface area contributed by atoms with Gasteiger partial charge in [0.15, 0.2) is 5.69 Å². The molecule has 2 aliphatic heterocycles. The van der Waals surface area contributed by atoms with Crippen molar-refractivity contribution < 1.29 is 41.2 Å². The maximum atomic E-state index is 12.2. The van der Waals surface area contributed by atoms with Crippen molar-refractivity contribution in [3.8, 4) is 0 Å². The fourth-order valence-corrected chi connectivity index (χ4v) is 3.39. The third-order valence-corrected chi connectivity index (χ3v) is 4.58. The number of carbonyl (C=O) groups is 3. The molecule has 16 heteroatoms. The number of hydroxylamine groups is 3. The average molecular weight is 488 g/mol. The highest BCUT2D eigenvalue weighted by Gasteiger charge is 2.43. The molecule has 1 fully saturated rings. The van der Waals surface area contributed by atoms with Gasteiger partial charge in [-0.3, -0.25) is 14.2 Å². The monoisotopic (exact) mass is 488 g/mol. The highest BCUT2D eigenvalue weighted by molar-refractivity contribution is 7.80. The van der Waals surface area contributed by atoms with Crippen molar-refractivity contribution in [1.29, 1.82) is 0 Å². The number of nitrogens with one attached hydrogen (secondary N) is 2. The SMILES string of the molecule is CC(C)(C)OC(=O)NCCONC(=O)c1ccn(C2=CC3CN(C2)C(=O)N3OS(=O)(=O)O)n1. The van der Waals surface area contributed by atoms with Crippen molar-refractivity contribution in [3.63, 3.8) is 0 Å². The van der Waals surface area contributed by atoms with Gasteiger partial charge in [-0.2, -0.15) is 18.6 Å². The Morgan fingerprint density at radius 1 is 1.33 bits per heavy atom. The molecule has 33 heavy (non-hydrogen) atoms. The molecule has 0 saturated carbocycles. The summed E-state index contributed by atoms with van der Waals surface area (Å²) in [6.45, 7) is 5.52. The van der Waals surface area contributed by atoms with E-state index in [9.17, 15) is 22.8 Å². The quantitative estimate of drug-likeness (QED) is 0.251. The van der Waals surface area contributed by atoms with Gasteiger partial charge in [0.2, 0.25) is 0 Å². The van der Waals surface area contributed by atoms with Crippen LogP contribution in [-0.2, 0) is 24.3 Å². The lowest BCUT2D eigenvalue weighted by Crippen LogP contribution is -2.35. The van der Waals surface area contributed by atoms with E-state index in [0.29, 0.717) is 10.8 Å². The van der Waals surface area contributed by atoms with Crippen molar-refractivity contribution in [2.45, 2.75) is 32.4 Å². The van der Waals surface area contributed by atoms with E-state index in [1.54, 1.807) is 26.8 Å². The first-order valence-electron chi connectivity index (χ1n) is 9.73. The van der Waals surface area contributed by atoms with Crippen LogP contribution >= 0.6 is 0 Å². The van der Waals surface area contributed by atoms with E-state index < -0.39 is 40.1 Å². The zero-order valence-electron chi connectivity index (χ0n) is 18.0. The Morgan fingerprint density at radius 3 is 2.73 bits per heavy atom. The van der Waals surface area contributed by atoms with Crippen LogP contribution in [-0.4, -0.2) is 88.6 Å². The molecule has 4 amide bonds.